The third-order valence-electron chi connectivity index (χ3n) is 2.46. The van der Waals surface area contributed by atoms with E-state index < -0.39 is 11.4 Å². The average Bonchev–Trinajstić information content (AvgIpc) is 2.32. The van der Waals surface area contributed by atoms with Crippen molar-refractivity contribution in [3.05, 3.63) is 11.6 Å². The van der Waals surface area contributed by atoms with Crippen LogP contribution in [0, 0.1) is 5.41 Å². The number of aliphatic carboxylic acids is 1. The minimum absolute atomic E-state index is 0.564. The molecule has 1 aliphatic heterocycles. The van der Waals surface area contributed by atoms with Crippen LogP contribution >= 0.6 is 11.6 Å². The van der Waals surface area contributed by atoms with Crippen molar-refractivity contribution in [1.82, 2.24) is 4.90 Å². The molecule has 0 saturated carbocycles. The largest absolute Gasteiger partial charge is 0.481 e. The fourth-order valence-corrected chi connectivity index (χ4v) is 1.78. The first-order valence-corrected chi connectivity index (χ1v) is 4.61. The summed E-state index contributed by atoms with van der Waals surface area (Å²) in [5, 5.41) is 9.51. The summed E-state index contributed by atoms with van der Waals surface area (Å²) in [5.74, 6) is -0.727. The zero-order valence-electron chi connectivity index (χ0n) is 7.72. The quantitative estimate of drug-likeness (QED) is 0.757. The molecule has 1 fully saturated rings. The molecule has 1 unspecified atom stereocenters. The van der Waals surface area contributed by atoms with E-state index in [4.69, 9.17) is 16.7 Å². The third-order valence-corrected chi connectivity index (χ3v) is 2.58. The molecular formula is C9H14ClNO2. The van der Waals surface area contributed by atoms with Crippen LogP contribution in [0.1, 0.15) is 13.3 Å². The van der Waals surface area contributed by atoms with Gasteiger partial charge in [0.1, 0.15) is 0 Å². The highest BCUT2D eigenvalue weighted by atomic mass is 35.5. The predicted octanol–water partition coefficient (Wildman–Crippen LogP) is 1.54. The number of carbonyl (C=O) groups is 1. The zero-order valence-corrected chi connectivity index (χ0v) is 8.47. The van der Waals surface area contributed by atoms with Gasteiger partial charge in [-0.2, -0.15) is 0 Å². The van der Waals surface area contributed by atoms with Gasteiger partial charge in [-0.1, -0.05) is 18.2 Å². The van der Waals surface area contributed by atoms with Crippen LogP contribution in [0.5, 0.6) is 0 Å². The van der Waals surface area contributed by atoms with Crippen molar-refractivity contribution in [1.29, 1.82) is 0 Å². The minimum Gasteiger partial charge on any atom is -0.481 e. The number of likely N-dealkylation sites (tertiary alicyclic amines) is 1. The average molecular weight is 204 g/mol. The van der Waals surface area contributed by atoms with Gasteiger partial charge in [0.15, 0.2) is 0 Å². The first kappa shape index (κ1) is 10.5. The molecule has 0 aliphatic carbocycles. The molecule has 0 spiro atoms. The van der Waals surface area contributed by atoms with Crippen LogP contribution in [0.2, 0.25) is 0 Å². The van der Waals surface area contributed by atoms with Crippen LogP contribution in [-0.4, -0.2) is 35.6 Å². The van der Waals surface area contributed by atoms with Crippen LogP contribution in [0.15, 0.2) is 11.6 Å². The van der Waals surface area contributed by atoms with Gasteiger partial charge in [0.2, 0.25) is 0 Å². The Balaban J connectivity index is 2.53. The molecule has 13 heavy (non-hydrogen) atoms. The van der Waals surface area contributed by atoms with Gasteiger partial charge >= 0.3 is 5.97 Å². The Morgan fingerprint density at radius 1 is 1.77 bits per heavy atom. The Morgan fingerprint density at radius 2 is 2.38 bits per heavy atom. The molecule has 1 rings (SSSR count). The monoisotopic (exact) mass is 203 g/mol. The lowest BCUT2D eigenvalue weighted by molar-refractivity contribution is -0.147. The van der Waals surface area contributed by atoms with Gasteiger partial charge in [-0.15, -0.1) is 0 Å². The second-order valence-electron chi connectivity index (χ2n) is 3.84. The Hall–Kier alpha value is -0.540. The number of carboxylic acids is 1. The number of nitrogens with zero attached hydrogens (tertiary/aromatic N) is 1. The Morgan fingerprint density at radius 3 is 2.77 bits per heavy atom. The molecule has 0 radical (unpaired) electrons. The molecule has 4 heteroatoms. The molecule has 0 bridgehead atoms. The van der Waals surface area contributed by atoms with E-state index in [-0.39, 0.29) is 0 Å². The third kappa shape index (κ3) is 2.45. The van der Waals surface area contributed by atoms with Crippen LogP contribution in [0.25, 0.3) is 0 Å². The van der Waals surface area contributed by atoms with Gasteiger partial charge in [0, 0.05) is 18.1 Å². The summed E-state index contributed by atoms with van der Waals surface area (Å²) in [6.07, 6.45) is 0.687. The lowest BCUT2D eigenvalue weighted by atomic mass is 9.90. The van der Waals surface area contributed by atoms with Crippen molar-refractivity contribution in [3.8, 4) is 0 Å². The second kappa shape index (κ2) is 3.68. The maximum atomic E-state index is 10.9. The number of hydrogen-bond acceptors (Lipinski definition) is 2. The van der Waals surface area contributed by atoms with E-state index in [9.17, 15) is 4.79 Å². The Labute approximate surface area is 83.0 Å². The summed E-state index contributed by atoms with van der Waals surface area (Å²) in [4.78, 5) is 12.9. The molecule has 1 saturated heterocycles. The smallest absolute Gasteiger partial charge is 0.310 e. The summed E-state index contributed by atoms with van der Waals surface area (Å²) in [6.45, 7) is 7.30. The summed E-state index contributed by atoms with van der Waals surface area (Å²) in [7, 11) is 0. The highest BCUT2D eigenvalue weighted by Crippen LogP contribution is 2.30. The highest BCUT2D eigenvalue weighted by Gasteiger charge is 2.40. The predicted molar refractivity (Wildman–Crippen MR) is 51.8 cm³/mol. The van der Waals surface area contributed by atoms with Crippen LogP contribution in [-0.2, 0) is 4.79 Å². The van der Waals surface area contributed by atoms with E-state index >= 15 is 0 Å². The van der Waals surface area contributed by atoms with E-state index in [0.29, 0.717) is 24.5 Å². The van der Waals surface area contributed by atoms with Gasteiger partial charge in [-0.3, -0.25) is 9.69 Å². The van der Waals surface area contributed by atoms with Crippen LogP contribution < -0.4 is 0 Å². The zero-order chi connectivity index (χ0) is 10.1. The van der Waals surface area contributed by atoms with E-state index in [0.717, 1.165) is 6.54 Å². The van der Waals surface area contributed by atoms with E-state index in [2.05, 4.69) is 6.58 Å². The van der Waals surface area contributed by atoms with Gasteiger partial charge < -0.3 is 5.11 Å². The van der Waals surface area contributed by atoms with Crippen molar-refractivity contribution < 1.29 is 9.90 Å². The normalized spacial score (nSPS) is 29.1. The van der Waals surface area contributed by atoms with Gasteiger partial charge in [-0.05, 0) is 19.9 Å². The summed E-state index contributed by atoms with van der Waals surface area (Å²) in [5.41, 5.74) is -0.605. The molecule has 74 valence electrons. The van der Waals surface area contributed by atoms with E-state index in [1.165, 1.54) is 0 Å². The van der Waals surface area contributed by atoms with Crippen LogP contribution in [0.4, 0.5) is 0 Å². The minimum atomic E-state index is -0.727. The molecular weight excluding hydrogens is 190 g/mol. The second-order valence-corrected chi connectivity index (χ2v) is 4.38. The maximum Gasteiger partial charge on any atom is 0.310 e. The SMILES string of the molecule is C=C(Cl)CN1CCC(C)(C(=O)O)C1. The van der Waals surface area contributed by atoms with Crippen molar-refractivity contribution in [2.75, 3.05) is 19.6 Å². The summed E-state index contributed by atoms with van der Waals surface area (Å²) in [6, 6.07) is 0. The summed E-state index contributed by atoms with van der Waals surface area (Å²) < 4.78 is 0. The molecule has 0 amide bonds. The molecule has 0 aromatic rings. The van der Waals surface area contributed by atoms with Gasteiger partial charge in [0.05, 0.1) is 5.41 Å². The Bertz CT molecular complexity index is 242. The van der Waals surface area contributed by atoms with Gasteiger partial charge in [0.25, 0.3) is 0 Å². The van der Waals surface area contributed by atoms with Crippen molar-refractivity contribution in [3.63, 3.8) is 0 Å². The fraction of sp³-hybridized carbons (Fsp3) is 0.667. The molecule has 1 heterocycles. The van der Waals surface area contributed by atoms with E-state index in [1.807, 2.05) is 4.90 Å². The highest BCUT2D eigenvalue weighted by molar-refractivity contribution is 6.29. The van der Waals surface area contributed by atoms with Crippen molar-refractivity contribution in [2.24, 2.45) is 5.41 Å². The number of rotatable bonds is 3. The maximum absolute atomic E-state index is 10.9. The molecule has 3 nitrogen and oxygen atoms in total. The molecule has 1 atom stereocenters. The van der Waals surface area contributed by atoms with E-state index in [1.54, 1.807) is 6.92 Å². The molecule has 1 aliphatic rings. The summed E-state index contributed by atoms with van der Waals surface area (Å²) >= 11 is 5.65. The fourth-order valence-electron chi connectivity index (χ4n) is 1.61. The van der Waals surface area contributed by atoms with Crippen molar-refractivity contribution in [2.45, 2.75) is 13.3 Å². The van der Waals surface area contributed by atoms with Crippen molar-refractivity contribution >= 4 is 17.6 Å². The lowest BCUT2D eigenvalue weighted by Gasteiger charge is -2.19. The van der Waals surface area contributed by atoms with Crippen LogP contribution in [0.3, 0.4) is 0 Å². The number of hydrogen-bond donors (Lipinski definition) is 1. The first-order chi connectivity index (χ1) is 5.94. The Kier molecular flexibility index (Phi) is 2.98. The topological polar surface area (TPSA) is 40.5 Å². The lowest BCUT2D eigenvalue weighted by Crippen LogP contribution is -2.32. The first-order valence-electron chi connectivity index (χ1n) is 4.23. The van der Waals surface area contributed by atoms with Gasteiger partial charge in [-0.25, -0.2) is 0 Å². The number of carboxylic acid groups (broad SMARTS) is 1. The molecule has 0 aromatic heterocycles. The standard InChI is InChI=1S/C9H14ClNO2/c1-7(10)5-11-4-3-9(2,6-11)8(12)13/h1,3-6H2,2H3,(H,12,13). The molecule has 0 aromatic carbocycles. The number of halogens is 1. The molecule has 1 N–H and O–H groups in total.